The van der Waals surface area contributed by atoms with Gasteiger partial charge in [-0.2, -0.15) is 0 Å². The minimum absolute atomic E-state index is 0. The molecule has 2 aliphatic heterocycles. The summed E-state index contributed by atoms with van der Waals surface area (Å²) in [5.41, 5.74) is 8.52. The van der Waals surface area contributed by atoms with Gasteiger partial charge in [-0.15, -0.1) is 35.8 Å². The molecule has 1 saturated heterocycles. The Morgan fingerprint density at radius 3 is 2.21 bits per heavy atom. The molecule has 8 heteroatoms. The van der Waals surface area contributed by atoms with Crippen molar-refractivity contribution in [3.8, 4) is 0 Å². The van der Waals surface area contributed by atoms with Crippen LogP contribution in [0.4, 0.5) is 0 Å². The summed E-state index contributed by atoms with van der Waals surface area (Å²) in [5, 5.41) is -0.242. The highest BCUT2D eigenvalue weighted by molar-refractivity contribution is 8.00. The number of esters is 1. The van der Waals surface area contributed by atoms with Gasteiger partial charge in [0, 0.05) is 11.6 Å². The molecule has 2 aliphatic rings. The molecule has 1 unspecified atom stereocenters. The van der Waals surface area contributed by atoms with Gasteiger partial charge >= 0.3 is 5.97 Å². The smallest absolute Gasteiger partial charge is 0.356 e. The number of halogens is 2. The Kier molecular flexibility index (Phi) is 6.90. The molecule has 2 atom stereocenters. The molecular weight excluding hydrogens is 431 g/mol. The van der Waals surface area contributed by atoms with Crippen LogP contribution in [0.1, 0.15) is 17.2 Å². The van der Waals surface area contributed by atoms with Crippen LogP contribution in [-0.2, 0) is 14.3 Å². The van der Waals surface area contributed by atoms with Gasteiger partial charge in [0.05, 0.1) is 0 Å². The predicted molar refractivity (Wildman–Crippen MR) is 117 cm³/mol. The first-order valence-electron chi connectivity index (χ1n) is 8.91. The highest BCUT2D eigenvalue weighted by Crippen LogP contribution is 2.41. The van der Waals surface area contributed by atoms with Gasteiger partial charge in [0.25, 0.3) is 0 Å². The molecule has 2 aromatic rings. The molecule has 1 fully saturated rings. The van der Waals surface area contributed by atoms with Crippen molar-refractivity contribution in [2.24, 2.45) is 5.73 Å². The number of alkyl halides is 1. The SMILES string of the molecule is Cl.NC1C(=O)N2C(C(=O)OC(c3ccccc3)c3ccccc3)=C(CCl)CS[C@H]12. The summed E-state index contributed by atoms with van der Waals surface area (Å²) >= 11 is 7.58. The van der Waals surface area contributed by atoms with Gasteiger partial charge in [-0.3, -0.25) is 9.69 Å². The van der Waals surface area contributed by atoms with Crippen molar-refractivity contribution >= 4 is 47.6 Å². The van der Waals surface area contributed by atoms with Crippen LogP contribution in [0.25, 0.3) is 0 Å². The number of nitrogens with two attached hydrogens (primary N) is 1. The van der Waals surface area contributed by atoms with Gasteiger partial charge in [0.1, 0.15) is 17.1 Å². The number of carbonyl (C=O) groups excluding carboxylic acids is 2. The number of thioether (sulfide) groups is 1. The lowest BCUT2D eigenvalue weighted by atomic mass is 10.0. The number of nitrogens with zero attached hydrogens (tertiary/aromatic N) is 1. The number of carbonyl (C=O) groups is 2. The van der Waals surface area contributed by atoms with Gasteiger partial charge in [-0.05, 0) is 16.7 Å². The van der Waals surface area contributed by atoms with Gasteiger partial charge in [-0.1, -0.05) is 60.7 Å². The molecule has 1 amide bonds. The van der Waals surface area contributed by atoms with Gasteiger partial charge in [-0.25, -0.2) is 4.79 Å². The summed E-state index contributed by atoms with van der Waals surface area (Å²) in [7, 11) is 0. The van der Waals surface area contributed by atoms with Crippen LogP contribution < -0.4 is 5.73 Å². The largest absolute Gasteiger partial charge is 0.448 e. The number of hydrogen-bond donors (Lipinski definition) is 1. The molecule has 0 radical (unpaired) electrons. The normalized spacial score (nSPS) is 20.7. The van der Waals surface area contributed by atoms with Crippen molar-refractivity contribution < 1.29 is 14.3 Å². The van der Waals surface area contributed by atoms with Gasteiger partial charge in [0.15, 0.2) is 6.10 Å². The third kappa shape index (κ3) is 4.03. The van der Waals surface area contributed by atoms with E-state index in [4.69, 9.17) is 22.1 Å². The second kappa shape index (κ2) is 9.22. The Bertz CT molecular complexity index is 885. The summed E-state index contributed by atoms with van der Waals surface area (Å²) in [5.74, 6) is -0.122. The lowest BCUT2D eigenvalue weighted by Crippen LogP contribution is -2.68. The van der Waals surface area contributed by atoms with Crippen LogP contribution in [0.2, 0.25) is 0 Å². The Balaban J connectivity index is 0.00000240. The average Bonchev–Trinajstić information content (AvgIpc) is 2.76. The van der Waals surface area contributed by atoms with Crippen LogP contribution in [0.5, 0.6) is 0 Å². The molecule has 0 aromatic heterocycles. The van der Waals surface area contributed by atoms with Crippen LogP contribution in [0, 0.1) is 0 Å². The quantitative estimate of drug-likeness (QED) is 0.428. The van der Waals surface area contributed by atoms with E-state index in [0.717, 1.165) is 11.1 Å². The molecule has 0 bridgehead atoms. The minimum Gasteiger partial charge on any atom is -0.448 e. The van der Waals surface area contributed by atoms with Crippen molar-refractivity contribution in [1.82, 2.24) is 4.90 Å². The van der Waals surface area contributed by atoms with Crippen LogP contribution >= 0.6 is 35.8 Å². The van der Waals surface area contributed by atoms with Gasteiger partial charge < -0.3 is 10.5 Å². The molecule has 2 N–H and O–H groups in total. The fraction of sp³-hybridized carbons (Fsp3) is 0.238. The Hall–Kier alpha value is -1.99. The number of ether oxygens (including phenoxy) is 1. The van der Waals surface area contributed by atoms with E-state index in [9.17, 15) is 9.59 Å². The lowest BCUT2D eigenvalue weighted by molar-refractivity contribution is -0.153. The number of fused-ring (bicyclic) bond motifs is 1. The topological polar surface area (TPSA) is 72.6 Å². The van der Waals surface area contributed by atoms with Crippen LogP contribution in [0.15, 0.2) is 71.9 Å². The number of amides is 1. The minimum atomic E-state index is -0.594. The summed E-state index contributed by atoms with van der Waals surface area (Å²) in [4.78, 5) is 26.9. The number of β-lactam (4-membered cyclic amide) rings is 1. The fourth-order valence-electron chi connectivity index (χ4n) is 3.42. The molecule has 152 valence electrons. The van der Waals surface area contributed by atoms with Crippen LogP contribution in [0.3, 0.4) is 0 Å². The van der Waals surface area contributed by atoms with Crippen molar-refractivity contribution in [3.05, 3.63) is 83.1 Å². The van der Waals surface area contributed by atoms with E-state index in [1.807, 2.05) is 60.7 Å². The molecule has 0 saturated carbocycles. The first kappa shape index (κ1) is 21.7. The fourth-order valence-corrected chi connectivity index (χ4v) is 5.04. The summed E-state index contributed by atoms with van der Waals surface area (Å²) < 4.78 is 5.93. The standard InChI is InChI=1S/C21H19ClN2O3S.ClH/c22-11-15-12-28-20-16(23)19(25)24(20)17(15)21(26)27-18(13-7-3-1-4-8-13)14-9-5-2-6-10-14;/h1-10,16,18,20H,11-12,23H2;1H/t16?,20-;/m1./s1. The highest BCUT2D eigenvalue weighted by atomic mass is 35.5. The molecule has 2 aromatic carbocycles. The number of rotatable bonds is 5. The third-order valence-electron chi connectivity index (χ3n) is 4.87. The Morgan fingerprint density at radius 1 is 1.14 bits per heavy atom. The zero-order valence-electron chi connectivity index (χ0n) is 15.4. The first-order valence-corrected chi connectivity index (χ1v) is 10.5. The molecule has 0 spiro atoms. The maximum Gasteiger partial charge on any atom is 0.356 e. The molecule has 4 rings (SSSR count). The van der Waals surface area contributed by atoms with E-state index >= 15 is 0 Å². The van der Waals surface area contributed by atoms with E-state index in [0.29, 0.717) is 11.3 Å². The zero-order valence-corrected chi connectivity index (χ0v) is 17.8. The van der Waals surface area contributed by atoms with Gasteiger partial charge in [0.2, 0.25) is 5.91 Å². The maximum absolute atomic E-state index is 13.2. The highest BCUT2D eigenvalue weighted by Gasteiger charge is 2.52. The third-order valence-corrected chi connectivity index (χ3v) is 6.56. The van der Waals surface area contributed by atoms with E-state index in [1.165, 1.54) is 16.7 Å². The Morgan fingerprint density at radius 2 is 1.69 bits per heavy atom. The summed E-state index contributed by atoms with van der Waals surface area (Å²) in [6.45, 7) is 0. The first-order chi connectivity index (χ1) is 13.6. The van der Waals surface area contributed by atoms with E-state index in [2.05, 4.69) is 0 Å². The molecule has 5 nitrogen and oxygen atoms in total. The second-order valence-corrected chi connectivity index (χ2v) is 8.00. The van der Waals surface area contributed by atoms with Crippen molar-refractivity contribution in [2.45, 2.75) is 17.5 Å². The Labute approximate surface area is 184 Å². The van der Waals surface area contributed by atoms with E-state index in [1.54, 1.807) is 0 Å². The van der Waals surface area contributed by atoms with Crippen LogP contribution in [-0.4, -0.2) is 39.8 Å². The van der Waals surface area contributed by atoms with E-state index < -0.39 is 18.1 Å². The molecule has 29 heavy (non-hydrogen) atoms. The lowest BCUT2D eigenvalue weighted by Gasteiger charge is -2.48. The molecular formula is C21H20Cl2N2O3S. The van der Waals surface area contributed by atoms with Crippen molar-refractivity contribution in [3.63, 3.8) is 0 Å². The number of benzene rings is 2. The van der Waals surface area contributed by atoms with Crippen molar-refractivity contribution in [2.75, 3.05) is 11.6 Å². The zero-order chi connectivity index (χ0) is 19.7. The summed E-state index contributed by atoms with van der Waals surface area (Å²) in [6.07, 6.45) is -0.586. The number of hydrogen-bond acceptors (Lipinski definition) is 5. The van der Waals surface area contributed by atoms with Crippen molar-refractivity contribution in [1.29, 1.82) is 0 Å². The predicted octanol–water partition coefficient (Wildman–Crippen LogP) is 3.48. The molecule has 0 aliphatic carbocycles. The maximum atomic E-state index is 13.2. The second-order valence-electron chi connectivity index (χ2n) is 6.63. The molecule has 2 heterocycles. The average molecular weight is 451 g/mol. The monoisotopic (exact) mass is 450 g/mol. The summed E-state index contributed by atoms with van der Waals surface area (Å²) in [6, 6.07) is 18.4. The van der Waals surface area contributed by atoms with E-state index in [-0.39, 0.29) is 35.3 Å².